The van der Waals surface area contributed by atoms with Gasteiger partial charge in [0.1, 0.15) is 0 Å². The van der Waals surface area contributed by atoms with Crippen molar-refractivity contribution < 1.29 is 0 Å². The van der Waals surface area contributed by atoms with Crippen molar-refractivity contribution in [1.82, 2.24) is 10.2 Å². The predicted octanol–water partition coefficient (Wildman–Crippen LogP) is 1.44. The first kappa shape index (κ1) is 14.9. The van der Waals surface area contributed by atoms with E-state index in [4.69, 9.17) is 5.73 Å². The minimum Gasteiger partial charge on any atom is -0.329 e. The van der Waals surface area contributed by atoms with Crippen molar-refractivity contribution >= 4 is 0 Å². The van der Waals surface area contributed by atoms with Crippen LogP contribution in [0.2, 0.25) is 0 Å². The van der Waals surface area contributed by atoms with E-state index in [1.54, 1.807) is 0 Å². The standard InChI is InChI=1S/C12H29N3/c1-4-6-8-14-9-7-12(11-13)15(3)10-5-2/h12,14H,4-11,13H2,1-3H3. The maximum atomic E-state index is 5.78. The van der Waals surface area contributed by atoms with E-state index < -0.39 is 0 Å². The van der Waals surface area contributed by atoms with Crippen molar-refractivity contribution in [2.75, 3.05) is 33.2 Å². The summed E-state index contributed by atoms with van der Waals surface area (Å²) in [6, 6.07) is 0.541. The molecule has 3 nitrogen and oxygen atoms in total. The summed E-state index contributed by atoms with van der Waals surface area (Å²) in [4.78, 5) is 2.38. The van der Waals surface area contributed by atoms with Crippen LogP contribution in [0.1, 0.15) is 39.5 Å². The van der Waals surface area contributed by atoms with Gasteiger partial charge in [-0.3, -0.25) is 0 Å². The van der Waals surface area contributed by atoms with Crippen molar-refractivity contribution in [3.63, 3.8) is 0 Å². The number of unbranched alkanes of at least 4 members (excludes halogenated alkanes) is 1. The maximum absolute atomic E-state index is 5.78. The minimum absolute atomic E-state index is 0.541. The fraction of sp³-hybridized carbons (Fsp3) is 1.00. The summed E-state index contributed by atoms with van der Waals surface area (Å²) in [7, 11) is 2.17. The van der Waals surface area contributed by atoms with Crippen molar-refractivity contribution in [2.45, 2.75) is 45.6 Å². The van der Waals surface area contributed by atoms with Gasteiger partial charge in [-0.25, -0.2) is 0 Å². The SMILES string of the molecule is CCCCNCCC(CN)N(C)CCC. The normalized spacial score (nSPS) is 13.4. The number of nitrogens with two attached hydrogens (primary N) is 1. The molecule has 0 aromatic heterocycles. The molecule has 0 saturated heterocycles. The van der Waals surface area contributed by atoms with E-state index in [0.29, 0.717) is 6.04 Å². The molecule has 1 atom stereocenters. The minimum atomic E-state index is 0.541. The topological polar surface area (TPSA) is 41.3 Å². The van der Waals surface area contributed by atoms with Crippen LogP contribution < -0.4 is 11.1 Å². The van der Waals surface area contributed by atoms with Crippen LogP contribution in [0.15, 0.2) is 0 Å². The van der Waals surface area contributed by atoms with Crippen molar-refractivity contribution in [1.29, 1.82) is 0 Å². The smallest absolute Gasteiger partial charge is 0.0227 e. The van der Waals surface area contributed by atoms with Gasteiger partial charge >= 0.3 is 0 Å². The lowest BCUT2D eigenvalue weighted by atomic mass is 10.1. The third-order valence-corrected chi connectivity index (χ3v) is 2.83. The highest BCUT2D eigenvalue weighted by molar-refractivity contribution is 4.70. The second-order valence-electron chi connectivity index (χ2n) is 4.26. The van der Waals surface area contributed by atoms with Crippen LogP contribution in [0.3, 0.4) is 0 Å². The zero-order valence-electron chi connectivity index (χ0n) is 10.8. The summed E-state index contributed by atoms with van der Waals surface area (Å²) >= 11 is 0. The molecule has 92 valence electrons. The van der Waals surface area contributed by atoms with Gasteiger partial charge in [0.05, 0.1) is 0 Å². The first-order chi connectivity index (χ1) is 7.26. The van der Waals surface area contributed by atoms with E-state index in [0.717, 1.165) is 32.6 Å². The van der Waals surface area contributed by atoms with Crippen LogP contribution in [-0.4, -0.2) is 44.2 Å². The molecule has 0 heterocycles. The molecule has 0 rings (SSSR count). The summed E-state index contributed by atoms with van der Waals surface area (Å²) in [6.07, 6.45) is 4.91. The van der Waals surface area contributed by atoms with E-state index in [-0.39, 0.29) is 0 Å². The molecule has 0 aliphatic carbocycles. The lowest BCUT2D eigenvalue weighted by Gasteiger charge is -2.26. The zero-order chi connectivity index (χ0) is 11.5. The first-order valence-corrected chi connectivity index (χ1v) is 6.37. The zero-order valence-corrected chi connectivity index (χ0v) is 10.8. The Bertz CT molecular complexity index is 128. The highest BCUT2D eigenvalue weighted by Gasteiger charge is 2.10. The van der Waals surface area contributed by atoms with E-state index in [2.05, 4.69) is 31.1 Å². The van der Waals surface area contributed by atoms with E-state index >= 15 is 0 Å². The monoisotopic (exact) mass is 215 g/mol. The van der Waals surface area contributed by atoms with Gasteiger partial charge in [0.2, 0.25) is 0 Å². The number of nitrogens with one attached hydrogen (secondary N) is 1. The van der Waals surface area contributed by atoms with E-state index in [1.807, 2.05) is 0 Å². The molecule has 0 aliphatic heterocycles. The fourth-order valence-corrected chi connectivity index (χ4v) is 1.75. The molecule has 15 heavy (non-hydrogen) atoms. The van der Waals surface area contributed by atoms with Crippen molar-refractivity contribution in [3.05, 3.63) is 0 Å². The predicted molar refractivity (Wildman–Crippen MR) is 68.2 cm³/mol. The van der Waals surface area contributed by atoms with Crippen LogP contribution in [-0.2, 0) is 0 Å². The summed E-state index contributed by atoms with van der Waals surface area (Å²) in [6.45, 7) is 8.59. The van der Waals surface area contributed by atoms with Gasteiger partial charge in [0.25, 0.3) is 0 Å². The summed E-state index contributed by atoms with van der Waals surface area (Å²) in [5.74, 6) is 0. The molecular weight excluding hydrogens is 186 g/mol. The highest BCUT2D eigenvalue weighted by Crippen LogP contribution is 2.00. The van der Waals surface area contributed by atoms with Gasteiger partial charge in [0.15, 0.2) is 0 Å². The van der Waals surface area contributed by atoms with Crippen LogP contribution in [0.5, 0.6) is 0 Å². The van der Waals surface area contributed by atoms with Crippen LogP contribution in [0.25, 0.3) is 0 Å². The largest absolute Gasteiger partial charge is 0.329 e. The summed E-state index contributed by atoms with van der Waals surface area (Å²) in [5, 5.41) is 3.47. The molecule has 3 N–H and O–H groups in total. The summed E-state index contributed by atoms with van der Waals surface area (Å²) < 4.78 is 0. The lowest BCUT2D eigenvalue weighted by molar-refractivity contribution is 0.234. The van der Waals surface area contributed by atoms with Crippen molar-refractivity contribution in [3.8, 4) is 0 Å². The Morgan fingerprint density at radius 2 is 1.93 bits per heavy atom. The molecule has 0 aromatic carbocycles. The second-order valence-corrected chi connectivity index (χ2v) is 4.26. The molecule has 0 bridgehead atoms. The van der Waals surface area contributed by atoms with Crippen LogP contribution in [0, 0.1) is 0 Å². The van der Waals surface area contributed by atoms with Gasteiger partial charge in [-0.2, -0.15) is 0 Å². The lowest BCUT2D eigenvalue weighted by Crippen LogP contribution is -2.40. The Balaban J connectivity index is 3.51. The quantitative estimate of drug-likeness (QED) is 0.542. The van der Waals surface area contributed by atoms with Gasteiger partial charge in [-0.05, 0) is 45.9 Å². The van der Waals surface area contributed by atoms with Gasteiger partial charge in [-0.15, -0.1) is 0 Å². The molecule has 0 fully saturated rings. The van der Waals surface area contributed by atoms with E-state index in [9.17, 15) is 0 Å². The van der Waals surface area contributed by atoms with Gasteiger partial charge < -0.3 is 16.0 Å². The number of hydrogen-bond donors (Lipinski definition) is 2. The van der Waals surface area contributed by atoms with E-state index in [1.165, 1.54) is 19.3 Å². The second kappa shape index (κ2) is 10.4. The molecule has 0 aliphatic rings. The highest BCUT2D eigenvalue weighted by atomic mass is 15.1. The number of likely N-dealkylation sites (N-methyl/N-ethyl adjacent to an activating group) is 1. The van der Waals surface area contributed by atoms with Gasteiger partial charge in [0, 0.05) is 12.6 Å². The molecule has 1 unspecified atom stereocenters. The fourth-order valence-electron chi connectivity index (χ4n) is 1.75. The molecule has 0 aromatic rings. The number of rotatable bonds is 10. The van der Waals surface area contributed by atoms with Gasteiger partial charge in [-0.1, -0.05) is 20.3 Å². The van der Waals surface area contributed by atoms with Crippen LogP contribution in [0.4, 0.5) is 0 Å². The average molecular weight is 215 g/mol. The average Bonchev–Trinajstić information content (AvgIpc) is 2.23. The Labute approximate surface area is 95.4 Å². The Hall–Kier alpha value is -0.120. The number of hydrogen-bond acceptors (Lipinski definition) is 3. The van der Waals surface area contributed by atoms with Crippen LogP contribution >= 0.6 is 0 Å². The molecule has 0 spiro atoms. The third-order valence-electron chi connectivity index (χ3n) is 2.83. The molecule has 0 saturated carbocycles. The molecule has 0 amide bonds. The number of nitrogens with zero attached hydrogens (tertiary/aromatic N) is 1. The molecular formula is C12H29N3. The Morgan fingerprint density at radius 3 is 2.47 bits per heavy atom. The maximum Gasteiger partial charge on any atom is 0.0227 e. The first-order valence-electron chi connectivity index (χ1n) is 6.37. The van der Waals surface area contributed by atoms with Crippen molar-refractivity contribution in [2.24, 2.45) is 5.73 Å². The Kier molecular flexibility index (Phi) is 10.3. The third kappa shape index (κ3) is 7.77. The molecule has 0 radical (unpaired) electrons. The Morgan fingerprint density at radius 1 is 1.20 bits per heavy atom. The summed E-state index contributed by atoms with van der Waals surface area (Å²) in [5.41, 5.74) is 5.78. The molecule has 3 heteroatoms.